The fourth-order valence-corrected chi connectivity index (χ4v) is 3.11. The van der Waals surface area contributed by atoms with E-state index in [1.807, 2.05) is 24.0 Å². The summed E-state index contributed by atoms with van der Waals surface area (Å²) in [7, 11) is 4.20. The molecule has 1 heterocycles. The summed E-state index contributed by atoms with van der Waals surface area (Å²) >= 11 is 0. The minimum Gasteiger partial charge on any atom is -0.357 e. The van der Waals surface area contributed by atoms with Gasteiger partial charge in [-0.1, -0.05) is 19.3 Å². The molecule has 6 nitrogen and oxygen atoms in total. The Hall–Kier alpha value is -0.830. The topological polar surface area (TPSA) is 57.5 Å². The van der Waals surface area contributed by atoms with Crippen molar-refractivity contribution in [2.75, 3.05) is 26.7 Å². The third-order valence-electron chi connectivity index (χ3n) is 4.62. The van der Waals surface area contributed by atoms with Crippen molar-refractivity contribution in [3.63, 3.8) is 0 Å². The smallest absolute Gasteiger partial charge is 0.191 e. The Bertz CT molecular complexity index is 481. The molecule has 138 valence electrons. The number of aryl methyl sites for hydroxylation is 1. The lowest BCUT2D eigenvalue weighted by Crippen LogP contribution is -2.43. The second-order valence-electron chi connectivity index (χ2n) is 6.34. The van der Waals surface area contributed by atoms with E-state index in [0.717, 1.165) is 37.3 Å². The SMILES string of the molecule is CCNC(=NCc1ccnn1C)NCCN(C)C1CCCCC1.I. The number of hydrogen-bond donors (Lipinski definition) is 2. The van der Waals surface area contributed by atoms with Crippen LogP contribution in [0, 0.1) is 0 Å². The molecule has 0 atom stereocenters. The van der Waals surface area contributed by atoms with Gasteiger partial charge in [-0.3, -0.25) is 4.68 Å². The van der Waals surface area contributed by atoms with E-state index >= 15 is 0 Å². The number of halogens is 1. The van der Waals surface area contributed by atoms with Gasteiger partial charge in [-0.2, -0.15) is 5.10 Å². The first-order chi connectivity index (χ1) is 11.2. The summed E-state index contributed by atoms with van der Waals surface area (Å²) in [6.07, 6.45) is 8.70. The molecule has 7 heteroatoms. The molecular formula is C17H33IN6. The van der Waals surface area contributed by atoms with E-state index in [1.165, 1.54) is 32.1 Å². The van der Waals surface area contributed by atoms with Crippen LogP contribution in [-0.4, -0.2) is 53.4 Å². The van der Waals surface area contributed by atoms with Crippen molar-refractivity contribution in [3.05, 3.63) is 18.0 Å². The second kappa shape index (κ2) is 11.7. The van der Waals surface area contributed by atoms with Crippen molar-refractivity contribution in [1.82, 2.24) is 25.3 Å². The highest BCUT2D eigenvalue weighted by Crippen LogP contribution is 2.21. The highest BCUT2D eigenvalue weighted by molar-refractivity contribution is 14.0. The monoisotopic (exact) mass is 448 g/mol. The number of nitrogens with one attached hydrogen (secondary N) is 2. The van der Waals surface area contributed by atoms with Crippen LogP contribution in [0.3, 0.4) is 0 Å². The predicted molar refractivity (Wildman–Crippen MR) is 111 cm³/mol. The third-order valence-corrected chi connectivity index (χ3v) is 4.62. The Kier molecular flexibility index (Phi) is 10.3. The summed E-state index contributed by atoms with van der Waals surface area (Å²) in [6.45, 7) is 5.58. The lowest BCUT2D eigenvalue weighted by molar-refractivity contribution is 0.194. The molecule has 24 heavy (non-hydrogen) atoms. The van der Waals surface area contributed by atoms with Gasteiger partial charge in [0.1, 0.15) is 0 Å². The molecule has 2 N–H and O–H groups in total. The molecule has 1 saturated carbocycles. The lowest BCUT2D eigenvalue weighted by atomic mass is 9.94. The zero-order chi connectivity index (χ0) is 16.5. The quantitative estimate of drug-likeness (QED) is 0.382. The molecule has 0 spiro atoms. The number of hydrogen-bond acceptors (Lipinski definition) is 3. The van der Waals surface area contributed by atoms with Gasteiger partial charge >= 0.3 is 0 Å². The first kappa shape index (κ1) is 21.2. The van der Waals surface area contributed by atoms with Crippen LogP contribution in [0.1, 0.15) is 44.7 Å². The van der Waals surface area contributed by atoms with Crippen LogP contribution in [0.25, 0.3) is 0 Å². The minimum absolute atomic E-state index is 0. The Morgan fingerprint density at radius 2 is 2.08 bits per heavy atom. The molecule has 0 aliphatic heterocycles. The summed E-state index contributed by atoms with van der Waals surface area (Å²) < 4.78 is 1.86. The lowest BCUT2D eigenvalue weighted by Gasteiger charge is -2.31. The largest absolute Gasteiger partial charge is 0.357 e. The Morgan fingerprint density at radius 1 is 1.33 bits per heavy atom. The Balaban J connectivity index is 0.00000288. The number of aliphatic imine (C=N–C) groups is 1. The molecule has 0 unspecified atom stereocenters. The van der Waals surface area contributed by atoms with Gasteiger partial charge in [-0.15, -0.1) is 24.0 Å². The molecule has 2 rings (SSSR count). The number of likely N-dealkylation sites (N-methyl/N-ethyl adjacent to an activating group) is 1. The number of nitrogens with zero attached hydrogens (tertiary/aromatic N) is 4. The Morgan fingerprint density at radius 3 is 2.71 bits per heavy atom. The molecule has 1 aliphatic carbocycles. The number of rotatable bonds is 7. The van der Waals surface area contributed by atoms with E-state index in [1.54, 1.807) is 0 Å². The average molecular weight is 448 g/mol. The maximum absolute atomic E-state index is 4.64. The van der Waals surface area contributed by atoms with Gasteiger partial charge in [-0.25, -0.2) is 4.99 Å². The third kappa shape index (κ3) is 6.96. The van der Waals surface area contributed by atoms with Gasteiger partial charge in [0.15, 0.2) is 5.96 Å². The maximum Gasteiger partial charge on any atom is 0.191 e. The summed E-state index contributed by atoms with van der Waals surface area (Å²) in [4.78, 5) is 7.14. The van der Waals surface area contributed by atoms with E-state index in [-0.39, 0.29) is 24.0 Å². The first-order valence-corrected chi connectivity index (χ1v) is 8.90. The van der Waals surface area contributed by atoms with Crippen LogP contribution < -0.4 is 10.6 Å². The van der Waals surface area contributed by atoms with Gasteiger partial charge in [0.25, 0.3) is 0 Å². The van der Waals surface area contributed by atoms with Crippen LogP contribution in [0.4, 0.5) is 0 Å². The average Bonchev–Trinajstić information content (AvgIpc) is 2.98. The number of aromatic nitrogens is 2. The highest BCUT2D eigenvalue weighted by atomic mass is 127. The molecule has 0 amide bonds. The number of guanidine groups is 1. The maximum atomic E-state index is 4.64. The van der Waals surface area contributed by atoms with E-state index in [9.17, 15) is 0 Å². The van der Waals surface area contributed by atoms with E-state index in [2.05, 4.69) is 39.6 Å². The first-order valence-electron chi connectivity index (χ1n) is 8.90. The Labute approximate surface area is 163 Å². The van der Waals surface area contributed by atoms with Gasteiger partial charge in [0.2, 0.25) is 0 Å². The molecule has 1 aromatic heterocycles. The minimum atomic E-state index is 0. The molecule has 0 bridgehead atoms. The van der Waals surface area contributed by atoms with E-state index in [4.69, 9.17) is 0 Å². The molecule has 1 aliphatic rings. The predicted octanol–water partition coefficient (Wildman–Crippen LogP) is 2.36. The zero-order valence-corrected chi connectivity index (χ0v) is 17.6. The highest BCUT2D eigenvalue weighted by Gasteiger charge is 2.17. The normalized spacial score (nSPS) is 16.1. The van der Waals surface area contributed by atoms with Crippen molar-refractivity contribution in [1.29, 1.82) is 0 Å². The zero-order valence-electron chi connectivity index (χ0n) is 15.3. The molecular weight excluding hydrogens is 415 g/mol. The van der Waals surface area contributed by atoms with Crippen LogP contribution in [0.5, 0.6) is 0 Å². The van der Waals surface area contributed by atoms with Crippen molar-refractivity contribution < 1.29 is 0 Å². The van der Waals surface area contributed by atoms with Gasteiger partial charge in [0, 0.05) is 38.9 Å². The van der Waals surface area contributed by atoms with Crippen LogP contribution in [0.2, 0.25) is 0 Å². The molecule has 1 aromatic rings. The molecule has 1 fully saturated rings. The van der Waals surface area contributed by atoms with Crippen LogP contribution in [0.15, 0.2) is 17.3 Å². The fourth-order valence-electron chi connectivity index (χ4n) is 3.11. The summed E-state index contributed by atoms with van der Waals surface area (Å²) in [5.41, 5.74) is 1.11. The van der Waals surface area contributed by atoms with Crippen molar-refractivity contribution in [3.8, 4) is 0 Å². The second-order valence-corrected chi connectivity index (χ2v) is 6.34. The van der Waals surface area contributed by atoms with Gasteiger partial charge in [-0.05, 0) is 32.9 Å². The summed E-state index contributed by atoms with van der Waals surface area (Å²) in [5.74, 6) is 0.880. The van der Waals surface area contributed by atoms with Crippen LogP contribution in [-0.2, 0) is 13.6 Å². The van der Waals surface area contributed by atoms with E-state index in [0.29, 0.717) is 6.54 Å². The summed E-state index contributed by atoms with van der Waals surface area (Å²) in [5, 5.41) is 10.9. The standard InChI is InChI=1S/C17H32N6.HI/c1-4-18-17(20-14-16-10-11-21-23(16)3)19-12-13-22(2)15-8-6-5-7-9-15;/h10-11,15H,4-9,12-14H2,1-3H3,(H2,18,19,20);1H. The van der Waals surface area contributed by atoms with Gasteiger partial charge < -0.3 is 15.5 Å². The van der Waals surface area contributed by atoms with Crippen molar-refractivity contribution in [2.24, 2.45) is 12.0 Å². The van der Waals surface area contributed by atoms with Gasteiger partial charge in [0.05, 0.1) is 12.2 Å². The summed E-state index contributed by atoms with van der Waals surface area (Å²) in [6, 6.07) is 2.77. The molecule has 0 aromatic carbocycles. The molecule has 0 saturated heterocycles. The molecule has 0 radical (unpaired) electrons. The van der Waals surface area contributed by atoms with Crippen molar-refractivity contribution >= 4 is 29.9 Å². The fraction of sp³-hybridized carbons (Fsp3) is 0.765. The van der Waals surface area contributed by atoms with E-state index < -0.39 is 0 Å². The van der Waals surface area contributed by atoms with Crippen LogP contribution >= 0.6 is 24.0 Å². The van der Waals surface area contributed by atoms with Crippen molar-refractivity contribution in [2.45, 2.75) is 51.6 Å².